The molecule has 0 saturated heterocycles. The van der Waals surface area contributed by atoms with Crippen LogP contribution in [0.5, 0.6) is 0 Å². The van der Waals surface area contributed by atoms with Crippen molar-refractivity contribution >= 4 is 32.0 Å². The number of nitrogen functional groups attached to an aromatic ring is 1. The van der Waals surface area contributed by atoms with E-state index in [9.17, 15) is 18.5 Å². The number of benzene rings is 1. The number of anilines is 1. The van der Waals surface area contributed by atoms with E-state index in [-0.39, 0.29) is 15.8 Å². The first kappa shape index (κ1) is 15.4. The van der Waals surface area contributed by atoms with Crippen molar-refractivity contribution in [1.82, 2.24) is 4.72 Å². The lowest BCUT2D eigenvalue weighted by Crippen LogP contribution is -2.22. The van der Waals surface area contributed by atoms with Crippen molar-refractivity contribution in [3.05, 3.63) is 51.6 Å². The van der Waals surface area contributed by atoms with Crippen molar-refractivity contribution in [2.24, 2.45) is 0 Å². The molecule has 21 heavy (non-hydrogen) atoms. The van der Waals surface area contributed by atoms with Gasteiger partial charge in [-0.3, -0.25) is 10.1 Å². The smallest absolute Gasteiger partial charge is 0.304 e. The SMILES string of the molecule is Cc1ccc(CNS(=O)(=O)c2cc([N+](=O)[O-])c(N)s2)cc1. The third-order valence-corrected chi connectivity index (χ3v) is 5.59. The molecule has 7 nitrogen and oxygen atoms in total. The van der Waals surface area contributed by atoms with Gasteiger partial charge in [0.25, 0.3) is 10.0 Å². The van der Waals surface area contributed by atoms with Crippen LogP contribution in [0.2, 0.25) is 0 Å². The molecule has 0 aliphatic rings. The summed E-state index contributed by atoms with van der Waals surface area (Å²) in [6, 6.07) is 8.33. The largest absolute Gasteiger partial charge is 0.385 e. The number of nitrogens with zero attached hydrogens (tertiary/aromatic N) is 1. The van der Waals surface area contributed by atoms with Crippen LogP contribution >= 0.6 is 11.3 Å². The number of hydrogen-bond donors (Lipinski definition) is 2. The Hall–Kier alpha value is -1.97. The number of rotatable bonds is 5. The van der Waals surface area contributed by atoms with E-state index in [0.29, 0.717) is 11.3 Å². The van der Waals surface area contributed by atoms with E-state index in [2.05, 4.69) is 4.72 Å². The first-order valence-electron chi connectivity index (χ1n) is 5.88. The highest BCUT2D eigenvalue weighted by Crippen LogP contribution is 2.34. The van der Waals surface area contributed by atoms with Crippen molar-refractivity contribution in [2.75, 3.05) is 5.73 Å². The molecule has 1 aromatic heterocycles. The zero-order chi connectivity index (χ0) is 15.6. The van der Waals surface area contributed by atoms with Gasteiger partial charge in [-0.2, -0.15) is 0 Å². The fourth-order valence-corrected chi connectivity index (χ4v) is 3.88. The van der Waals surface area contributed by atoms with Crippen molar-refractivity contribution in [2.45, 2.75) is 17.7 Å². The Balaban J connectivity index is 2.17. The predicted octanol–water partition coefficient (Wildman–Crippen LogP) is 2.03. The van der Waals surface area contributed by atoms with Crippen molar-refractivity contribution in [3.63, 3.8) is 0 Å². The summed E-state index contributed by atoms with van der Waals surface area (Å²) in [5, 5.41) is 10.6. The van der Waals surface area contributed by atoms with E-state index in [4.69, 9.17) is 5.73 Å². The maximum atomic E-state index is 12.1. The van der Waals surface area contributed by atoms with Gasteiger partial charge in [-0.15, -0.1) is 0 Å². The molecule has 0 radical (unpaired) electrons. The number of hydrogen-bond acceptors (Lipinski definition) is 6. The second kappa shape index (κ2) is 5.80. The van der Waals surface area contributed by atoms with Gasteiger partial charge < -0.3 is 5.73 Å². The normalized spacial score (nSPS) is 11.5. The fraction of sp³-hybridized carbons (Fsp3) is 0.167. The van der Waals surface area contributed by atoms with E-state index >= 15 is 0 Å². The van der Waals surface area contributed by atoms with Gasteiger partial charge in [0.05, 0.1) is 4.92 Å². The summed E-state index contributed by atoms with van der Waals surface area (Å²) >= 11 is 0.673. The fourth-order valence-electron chi connectivity index (χ4n) is 1.60. The topological polar surface area (TPSA) is 115 Å². The van der Waals surface area contributed by atoms with Crippen LogP contribution in [0.3, 0.4) is 0 Å². The van der Waals surface area contributed by atoms with Gasteiger partial charge in [-0.05, 0) is 12.5 Å². The van der Waals surface area contributed by atoms with E-state index in [1.54, 1.807) is 0 Å². The number of sulfonamides is 1. The summed E-state index contributed by atoms with van der Waals surface area (Å²) < 4.78 is 26.4. The molecule has 112 valence electrons. The van der Waals surface area contributed by atoms with Crippen LogP contribution in [0, 0.1) is 17.0 Å². The predicted molar refractivity (Wildman–Crippen MR) is 80.6 cm³/mol. The van der Waals surface area contributed by atoms with Crippen molar-refractivity contribution in [1.29, 1.82) is 0 Å². The zero-order valence-corrected chi connectivity index (χ0v) is 12.7. The molecular weight excluding hydrogens is 314 g/mol. The van der Waals surface area contributed by atoms with Gasteiger partial charge in [0.15, 0.2) is 5.00 Å². The molecular formula is C12H13N3O4S2. The lowest BCUT2D eigenvalue weighted by molar-refractivity contribution is -0.383. The Morgan fingerprint density at radius 2 is 1.95 bits per heavy atom. The lowest BCUT2D eigenvalue weighted by Gasteiger charge is -2.04. The summed E-state index contributed by atoms with van der Waals surface area (Å²) in [5.41, 5.74) is 6.92. The molecule has 2 rings (SSSR count). The number of nitrogens with two attached hydrogens (primary N) is 1. The first-order valence-corrected chi connectivity index (χ1v) is 8.18. The summed E-state index contributed by atoms with van der Waals surface area (Å²) in [5.74, 6) is 0. The molecule has 3 N–H and O–H groups in total. The molecule has 0 atom stereocenters. The highest BCUT2D eigenvalue weighted by atomic mass is 32.2. The van der Waals surface area contributed by atoms with E-state index in [1.807, 2.05) is 31.2 Å². The molecule has 0 bridgehead atoms. The van der Waals surface area contributed by atoms with Gasteiger partial charge in [0.2, 0.25) is 0 Å². The molecule has 2 aromatic rings. The van der Waals surface area contributed by atoms with Crippen LogP contribution in [0.1, 0.15) is 11.1 Å². The molecule has 0 unspecified atom stereocenters. The molecule has 0 amide bonds. The summed E-state index contributed by atoms with van der Waals surface area (Å²) in [7, 11) is -3.82. The highest BCUT2D eigenvalue weighted by Gasteiger charge is 2.24. The summed E-state index contributed by atoms with van der Waals surface area (Å²) in [6.45, 7) is 2.04. The third-order valence-electron chi connectivity index (χ3n) is 2.77. The van der Waals surface area contributed by atoms with Gasteiger partial charge in [0.1, 0.15) is 4.21 Å². The van der Waals surface area contributed by atoms with Crippen LogP contribution < -0.4 is 10.5 Å². The van der Waals surface area contributed by atoms with Gasteiger partial charge >= 0.3 is 5.69 Å². The Morgan fingerprint density at radius 1 is 1.33 bits per heavy atom. The average molecular weight is 327 g/mol. The zero-order valence-electron chi connectivity index (χ0n) is 11.1. The molecule has 9 heteroatoms. The van der Waals surface area contributed by atoms with Crippen LogP contribution in [0.4, 0.5) is 10.7 Å². The maximum absolute atomic E-state index is 12.1. The second-order valence-electron chi connectivity index (χ2n) is 4.38. The van der Waals surface area contributed by atoms with Crippen LogP contribution in [0.15, 0.2) is 34.5 Å². The Labute approximate surface area is 125 Å². The number of nitrogens with one attached hydrogen (secondary N) is 1. The number of aryl methyl sites for hydroxylation is 1. The van der Waals surface area contributed by atoms with E-state index in [1.165, 1.54) is 0 Å². The Kier molecular flexibility index (Phi) is 4.26. The van der Waals surface area contributed by atoms with Crippen molar-refractivity contribution < 1.29 is 13.3 Å². The quantitative estimate of drug-likeness (QED) is 0.644. The molecule has 0 fully saturated rings. The minimum Gasteiger partial charge on any atom is -0.385 e. The van der Waals surface area contributed by atoms with E-state index in [0.717, 1.165) is 17.2 Å². The van der Waals surface area contributed by atoms with Gasteiger partial charge in [-0.1, -0.05) is 41.2 Å². The van der Waals surface area contributed by atoms with Gasteiger partial charge in [-0.25, -0.2) is 13.1 Å². The van der Waals surface area contributed by atoms with Crippen LogP contribution in [0.25, 0.3) is 0 Å². The van der Waals surface area contributed by atoms with Gasteiger partial charge in [0, 0.05) is 12.6 Å². The lowest BCUT2D eigenvalue weighted by atomic mass is 10.2. The standard InChI is InChI=1S/C12H13N3O4S2/c1-8-2-4-9(5-3-8)7-14-21(18,19)11-6-10(15(16)17)12(13)20-11/h2-6,14H,7,13H2,1H3. The number of nitro groups is 1. The Morgan fingerprint density at radius 3 is 2.48 bits per heavy atom. The molecule has 0 saturated carbocycles. The molecule has 0 spiro atoms. The second-order valence-corrected chi connectivity index (χ2v) is 7.46. The number of thiophene rings is 1. The maximum Gasteiger partial charge on any atom is 0.304 e. The first-order chi connectivity index (χ1) is 9.79. The molecule has 0 aliphatic heterocycles. The monoisotopic (exact) mass is 327 g/mol. The summed E-state index contributed by atoms with van der Waals surface area (Å²) in [6.07, 6.45) is 0. The summed E-state index contributed by atoms with van der Waals surface area (Å²) in [4.78, 5) is 9.99. The van der Waals surface area contributed by atoms with Crippen LogP contribution in [-0.4, -0.2) is 13.3 Å². The highest BCUT2D eigenvalue weighted by molar-refractivity contribution is 7.91. The minimum absolute atomic E-state index is 0.105. The Bertz CT molecular complexity index is 766. The molecule has 0 aliphatic carbocycles. The van der Waals surface area contributed by atoms with Crippen molar-refractivity contribution in [3.8, 4) is 0 Å². The average Bonchev–Trinajstić information content (AvgIpc) is 2.81. The van der Waals surface area contributed by atoms with E-state index < -0.39 is 20.6 Å². The third kappa shape index (κ3) is 3.57. The molecule has 1 aromatic carbocycles. The van der Waals surface area contributed by atoms with Crippen LogP contribution in [-0.2, 0) is 16.6 Å². The minimum atomic E-state index is -3.82. The molecule has 1 heterocycles.